The number of hydrogen-bond acceptors (Lipinski definition) is 4. The third kappa shape index (κ3) is 3.39. The van der Waals surface area contributed by atoms with E-state index in [2.05, 4.69) is 10.6 Å². The summed E-state index contributed by atoms with van der Waals surface area (Å²) >= 11 is 1.50. The van der Waals surface area contributed by atoms with Crippen LogP contribution in [0.5, 0.6) is 0 Å². The molecule has 6 rings (SSSR count). The van der Waals surface area contributed by atoms with Crippen LogP contribution in [0.1, 0.15) is 59.3 Å². The molecule has 1 aromatic rings. The monoisotopic (exact) mass is 414 g/mol. The van der Waals surface area contributed by atoms with Crippen molar-refractivity contribution in [2.75, 3.05) is 5.32 Å². The molecule has 0 saturated heterocycles. The van der Waals surface area contributed by atoms with Gasteiger partial charge in [0.25, 0.3) is 5.91 Å². The minimum absolute atomic E-state index is 0.0422. The van der Waals surface area contributed by atoms with E-state index in [1.807, 2.05) is 12.2 Å². The van der Waals surface area contributed by atoms with Crippen LogP contribution in [0.3, 0.4) is 0 Å². The van der Waals surface area contributed by atoms with Gasteiger partial charge in [-0.05, 0) is 68.8 Å². The molecule has 0 spiro atoms. The zero-order valence-electron chi connectivity index (χ0n) is 16.3. The number of aliphatic carboxylic acids is 1. The summed E-state index contributed by atoms with van der Waals surface area (Å²) < 4.78 is 0. The van der Waals surface area contributed by atoms with Crippen molar-refractivity contribution in [2.45, 2.75) is 57.4 Å². The SMILES string of the molecule is O=C(NC1CC1)c1c(NC(=O)[C@H]2[C@@H](C(=O)O)[C@H]3C=C[C@@H]2CC3)sc2c1CCCC2. The molecule has 1 aromatic heterocycles. The number of hydrogen-bond donors (Lipinski definition) is 3. The number of aryl methyl sites for hydroxylation is 1. The first-order chi connectivity index (χ1) is 14.0. The second kappa shape index (κ2) is 7.27. The Morgan fingerprint density at radius 1 is 0.966 bits per heavy atom. The lowest BCUT2D eigenvalue weighted by Gasteiger charge is -2.41. The van der Waals surface area contributed by atoms with Crippen molar-refractivity contribution < 1.29 is 19.5 Å². The Hall–Kier alpha value is -2.15. The normalized spacial score (nSPS) is 29.9. The maximum absolute atomic E-state index is 13.3. The highest BCUT2D eigenvalue weighted by molar-refractivity contribution is 7.17. The van der Waals surface area contributed by atoms with Gasteiger partial charge in [0.05, 0.1) is 17.4 Å². The maximum atomic E-state index is 13.3. The van der Waals surface area contributed by atoms with E-state index >= 15 is 0 Å². The van der Waals surface area contributed by atoms with E-state index in [-0.39, 0.29) is 29.7 Å². The van der Waals surface area contributed by atoms with Gasteiger partial charge in [0.2, 0.25) is 5.91 Å². The molecule has 2 fully saturated rings. The number of thiophene rings is 1. The van der Waals surface area contributed by atoms with Crippen LogP contribution in [0.2, 0.25) is 0 Å². The molecule has 7 heteroatoms. The number of amides is 2. The zero-order chi connectivity index (χ0) is 20.1. The van der Waals surface area contributed by atoms with Crippen LogP contribution < -0.4 is 10.6 Å². The van der Waals surface area contributed by atoms with Gasteiger partial charge in [-0.15, -0.1) is 11.3 Å². The number of carboxylic acids is 1. The molecule has 29 heavy (non-hydrogen) atoms. The second-order valence-electron chi connectivity index (χ2n) is 8.83. The van der Waals surface area contributed by atoms with E-state index in [0.29, 0.717) is 10.6 Å². The predicted molar refractivity (Wildman–Crippen MR) is 110 cm³/mol. The number of carbonyl (C=O) groups is 3. The summed E-state index contributed by atoms with van der Waals surface area (Å²) in [6.45, 7) is 0. The molecule has 0 unspecified atom stereocenters. The van der Waals surface area contributed by atoms with Crippen LogP contribution >= 0.6 is 11.3 Å². The Morgan fingerprint density at radius 2 is 1.66 bits per heavy atom. The van der Waals surface area contributed by atoms with Crippen molar-refractivity contribution in [3.8, 4) is 0 Å². The summed E-state index contributed by atoms with van der Waals surface area (Å²) in [6.07, 6.45) is 11.6. The minimum atomic E-state index is -0.902. The Balaban J connectivity index is 1.44. The lowest BCUT2D eigenvalue weighted by Crippen LogP contribution is -2.47. The molecule has 0 radical (unpaired) electrons. The van der Waals surface area contributed by atoms with E-state index in [1.54, 1.807) is 0 Å². The van der Waals surface area contributed by atoms with Crippen molar-refractivity contribution >= 4 is 34.1 Å². The van der Waals surface area contributed by atoms with Crippen LogP contribution in [0, 0.1) is 23.7 Å². The topological polar surface area (TPSA) is 95.5 Å². The fraction of sp³-hybridized carbons (Fsp3) is 0.591. The maximum Gasteiger partial charge on any atom is 0.307 e. The van der Waals surface area contributed by atoms with Gasteiger partial charge < -0.3 is 15.7 Å². The number of carboxylic acid groups (broad SMARTS) is 1. The van der Waals surface area contributed by atoms with Crippen LogP contribution in [0.4, 0.5) is 5.00 Å². The third-order valence-corrected chi connectivity index (χ3v) is 8.09. The van der Waals surface area contributed by atoms with Crippen LogP contribution in [0.25, 0.3) is 0 Å². The van der Waals surface area contributed by atoms with Gasteiger partial charge in [-0.25, -0.2) is 0 Å². The van der Waals surface area contributed by atoms with Gasteiger partial charge in [0.1, 0.15) is 5.00 Å². The van der Waals surface area contributed by atoms with Crippen molar-refractivity contribution in [3.63, 3.8) is 0 Å². The Bertz CT molecular complexity index is 901. The third-order valence-electron chi connectivity index (χ3n) is 6.88. The highest BCUT2D eigenvalue weighted by atomic mass is 32.1. The highest BCUT2D eigenvalue weighted by Gasteiger charge is 2.48. The number of carbonyl (C=O) groups excluding carboxylic acids is 2. The molecule has 5 aliphatic rings. The number of nitrogens with one attached hydrogen (secondary N) is 2. The van der Waals surface area contributed by atoms with Crippen molar-refractivity contribution in [1.29, 1.82) is 0 Å². The number of allylic oxidation sites excluding steroid dienone is 2. The molecule has 2 amide bonds. The Kier molecular flexibility index (Phi) is 4.73. The van der Waals surface area contributed by atoms with Gasteiger partial charge >= 0.3 is 5.97 Å². The summed E-state index contributed by atoms with van der Waals surface area (Å²) in [5.74, 6) is -2.63. The van der Waals surface area contributed by atoms with Crippen LogP contribution in [0.15, 0.2) is 12.2 Å². The molecular weight excluding hydrogens is 388 g/mol. The molecule has 0 aromatic carbocycles. The quantitative estimate of drug-likeness (QED) is 0.644. The average molecular weight is 415 g/mol. The zero-order valence-corrected chi connectivity index (χ0v) is 17.1. The highest BCUT2D eigenvalue weighted by Crippen LogP contribution is 2.46. The summed E-state index contributed by atoms with van der Waals surface area (Å²) in [5.41, 5.74) is 1.70. The fourth-order valence-corrected chi connectivity index (χ4v) is 6.55. The fourth-order valence-electron chi connectivity index (χ4n) is 5.26. The molecule has 5 aliphatic carbocycles. The predicted octanol–water partition coefficient (Wildman–Crippen LogP) is 3.37. The number of anilines is 1. The van der Waals surface area contributed by atoms with E-state index < -0.39 is 17.8 Å². The molecule has 4 atom stereocenters. The first kappa shape index (κ1) is 18.9. The molecular formula is C22H26N2O4S. The van der Waals surface area contributed by atoms with Crippen molar-refractivity contribution in [2.24, 2.45) is 23.7 Å². The smallest absolute Gasteiger partial charge is 0.307 e. The minimum Gasteiger partial charge on any atom is -0.481 e. The van der Waals surface area contributed by atoms with Crippen LogP contribution in [-0.4, -0.2) is 28.9 Å². The first-order valence-electron chi connectivity index (χ1n) is 10.7. The summed E-state index contributed by atoms with van der Waals surface area (Å²) in [6, 6.07) is 0.251. The molecule has 2 saturated carbocycles. The molecule has 3 N–H and O–H groups in total. The van der Waals surface area contributed by atoms with E-state index in [9.17, 15) is 19.5 Å². The van der Waals surface area contributed by atoms with Crippen LogP contribution in [-0.2, 0) is 22.4 Å². The molecule has 1 heterocycles. The van der Waals surface area contributed by atoms with Gasteiger partial charge in [-0.1, -0.05) is 12.2 Å². The van der Waals surface area contributed by atoms with Gasteiger partial charge in [-0.3, -0.25) is 14.4 Å². The van der Waals surface area contributed by atoms with E-state index in [0.717, 1.165) is 56.9 Å². The summed E-state index contributed by atoms with van der Waals surface area (Å²) in [5, 5.41) is 16.4. The average Bonchev–Trinajstić information content (AvgIpc) is 3.45. The van der Waals surface area contributed by atoms with Gasteiger partial charge in [0, 0.05) is 10.9 Å². The lowest BCUT2D eigenvalue weighted by molar-refractivity contribution is -0.151. The Morgan fingerprint density at radius 3 is 2.31 bits per heavy atom. The lowest BCUT2D eigenvalue weighted by atomic mass is 9.62. The molecule has 0 aliphatic heterocycles. The molecule has 154 valence electrons. The van der Waals surface area contributed by atoms with E-state index in [1.165, 1.54) is 16.2 Å². The standard InChI is InChI=1S/C22H26N2O4S/c25-19(16-11-5-7-12(8-6-11)17(16)22(27)28)24-21-18(20(26)23-13-9-10-13)14-3-1-2-4-15(14)29-21/h5,7,11-13,16-17H,1-4,6,8-10H2,(H,23,26)(H,24,25)(H,27,28)/t11-,12+,16-,17+/m1/s1. The van der Waals surface area contributed by atoms with Gasteiger partial charge in [-0.2, -0.15) is 0 Å². The van der Waals surface area contributed by atoms with Gasteiger partial charge in [0.15, 0.2) is 0 Å². The van der Waals surface area contributed by atoms with E-state index in [4.69, 9.17) is 0 Å². The van der Waals surface area contributed by atoms with Crippen molar-refractivity contribution in [3.05, 3.63) is 28.2 Å². The summed E-state index contributed by atoms with van der Waals surface area (Å²) in [7, 11) is 0. The summed E-state index contributed by atoms with van der Waals surface area (Å²) in [4.78, 5) is 39.3. The number of fused-ring (bicyclic) bond motifs is 3. The number of rotatable bonds is 5. The second-order valence-corrected chi connectivity index (χ2v) is 9.94. The van der Waals surface area contributed by atoms with Crippen molar-refractivity contribution in [1.82, 2.24) is 5.32 Å². The molecule has 2 bridgehead atoms. The Labute approximate surface area is 173 Å². The first-order valence-corrected chi connectivity index (χ1v) is 11.5. The largest absolute Gasteiger partial charge is 0.481 e. The molecule has 6 nitrogen and oxygen atoms in total.